The maximum absolute atomic E-state index is 13.7. The van der Waals surface area contributed by atoms with E-state index in [4.69, 9.17) is 9.73 Å². The molecule has 0 aromatic heterocycles. The van der Waals surface area contributed by atoms with Crippen LogP contribution >= 0.6 is 0 Å². The van der Waals surface area contributed by atoms with Crippen LogP contribution in [-0.4, -0.2) is 24.8 Å². The molecular weight excluding hydrogens is 462 g/mol. The van der Waals surface area contributed by atoms with Crippen molar-refractivity contribution in [1.82, 2.24) is 0 Å². The molecule has 1 aliphatic carbocycles. The summed E-state index contributed by atoms with van der Waals surface area (Å²) in [7, 11) is 1.39. The number of rotatable bonds is 4. The second-order valence-electron chi connectivity index (χ2n) is 10.7. The molecule has 0 radical (unpaired) electrons. The summed E-state index contributed by atoms with van der Waals surface area (Å²) >= 11 is 0. The molecule has 3 aromatic carbocycles. The Morgan fingerprint density at radius 1 is 0.973 bits per heavy atom. The first-order chi connectivity index (χ1) is 17.9. The third-order valence-electron chi connectivity index (χ3n) is 7.37. The van der Waals surface area contributed by atoms with Crippen molar-refractivity contribution in [3.63, 3.8) is 0 Å². The normalized spacial score (nSPS) is 19.7. The van der Waals surface area contributed by atoms with Crippen LogP contribution in [0.1, 0.15) is 54.2 Å². The molecule has 0 saturated carbocycles. The number of Topliss-reactive ketones (excluding diaryl/α,β-unsaturated/α-hetero) is 1. The third-order valence-corrected chi connectivity index (χ3v) is 7.37. The summed E-state index contributed by atoms with van der Waals surface area (Å²) in [5, 5.41) is 0. The van der Waals surface area contributed by atoms with Crippen LogP contribution in [0.5, 0.6) is 0 Å². The van der Waals surface area contributed by atoms with E-state index in [1.807, 2.05) is 48.5 Å². The van der Waals surface area contributed by atoms with Gasteiger partial charge in [-0.25, -0.2) is 9.79 Å². The number of carbonyl (C=O) groups excluding carboxylic acids is 2. The lowest BCUT2D eigenvalue weighted by atomic mass is 9.73. The summed E-state index contributed by atoms with van der Waals surface area (Å²) in [6, 6.07) is 25.7. The molecule has 0 bridgehead atoms. The van der Waals surface area contributed by atoms with E-state index in [2.05, 4.69) is 47.9 Å². The van der Waals surface area contributed by atoms with Crippen LogP contribution in [0.25, 0.3) is 0 Å². The van der Waals surface area contributed by atoms with Crippen LogP contribution < -0.4 is 9.80 Å². The molecule has 0 spiro atoms. The zero-order valence-electron chi connectivity index (χ0n) is 21.3. The molecule has 0 saturated heterocycles. The van der Waals surface area contributed by atoms with Gasteiger partial charge in [-0.3, -0.25) is 9.69 Å². The fraction of sp³-hybridized carbons (Fsp3) is 0.258. The first kappa shape index (κ1) is 23.2. The number of carbonyl (C=O) groups is 2. The molecule has 6 rings (SSSR count). The molecule has 3 aromatic rings. The first-order valence-electron chi connectivity index (χ1n) is 12.6. The molecular formula is C31H29N3O3. The quantitative estimate of drug-likeness (QED) is 0.416. The predicted octanol–water partition coefficient (Wildman–Crippen LogP) is 6.05. The van der Waals surface area contributed by atoms with E-state index in [-0.39, 0.29) is 17.2 Å². The monoisotopic (exact) mass is 491 g/mol. The van der Waals surface area contributed by atoms with Crippen LogP contribution in [0.4, 0.5) is 11.4 Å². The summed E-state index contributed by atoms with van der Waals surface area (Å²) in [5.41, 5.74) is 5.88. The van der Waals surface area contributed by atoms with Gasteiger partial charge in [-0.2, -0.15) is 0 Å². The number of anilines is 2. The number of esters is 1. The van der Waals surface area contributed by atoms with Gasteiger partial charge in [0.1, 0.15) is 0 Å². The smallest absolute Gasteiger partial charge is 0.337 e. The lowest BCUT2D eigenvalue weighted by Gasteiger charge is -2.41. The van der Waals surface area contributed by atoms with Gasteiger partial charge in [-0.1, -0.05) is 74.5 Å². The van der Waals surface area contributed by atoms with Crippen molar-refractivity contribution in [2.45, 2.75) is 39.3 Å². The molecule has 1 atom stereocenters. The van der Waals surface area contributed by atoms with Crippen LogP contribution in [0.15, 0.2) is 95.1 Å². The number of methoxy groups -OCH3 is 1. The molecule has 0 fully saturated rings. The van der Waals surface area contributed by atoms with Crippen molar-refractivity contribution in [3.8, 4) is 0 Å². The molecule has 37 heavy (non-hydrogen) atoms. The van der Waals surface area contributed by atoms with E-state index >= 15 is 0 Å². The van der Waals surface area contributed by atoms with Crippen molar-refractivity contribution in [2.24, 2.45) is 10.4 Å². The minimum atomic E-state index is -0.397. The average Bonchev–Trinajstić information content (AvgIpc) is 3.19. The van der Waals surface area contributed by atoms with Gasteiger partial charge in [0.15, 0.2) is 5.78 Å². The van der Waals surface area contributed by atoms with Crippen molar-refractivity contribution in [1.29, 1.82) is 0 Å². The Kier molecular flexibility index (Phi) is 5.48. The Hall–Kier alpha value is -4.19. The highest BCUT2D eigenvalue weighted by Gasteiger charge is 2.47. The first-order valence-corrected chi connectivity index (χ1v) is 12.6. The number of fused-ring (bicyclic) bond motifs is 3. The number of hydrogen-bond acceptors (Lipinski definition) is 6. The predicted molar refractivity (Wildman–Crippen MR) is 145 cm³/mol. The number of aliphatic imine (C=N–C) groups is 1. The third kappa shape index (κ3) is 3.93. The number of benzene rings is 3. The summed E-state index contributed by atoms with van der Waals surface area (Å²) in [4.78, 5) is 35.7. The van der Waals surface area contributed by atoms with Gasteiger partial charge < -0.3 is 9.64 Å². The van der Waals surface area contributed by atoms with Gasteiger partial charge in [0.05, 0.1) is 42.3 Å². The van der Waals surface area contributed by atoms with Crippen molar-refractivity contribution in [3.05, 3.63) is 107 Å². The SMILES string of the molecule is COC(=O)c1ccc2c(c1)N1C(=NC3=C(C(=O)CC(C)(C)C3)C1c1ccccc1)N2Cc1ccccc1. The Bertz CT molecular complexity index is 1460. The van der Waals surface area contributed by atoms with E-state index in [1.165, 1.54) is 7.11 Å². The van der Waals surface area contributed by atoms with Crippen LogP contribution in [-0.2, 0) is 16.1 Å². The molecule has 0 amide bonds. The lowest BCUT2D eigenvalue weighted by Crippen LogP contribution is -2.46. The number of guanidine groups is 1. The van der Waals surface area contributed by atoms with E-state index in [9.17, 15) is 9.59 Å². The van der Waals surface area contributed by atoms with E-state index in [1.54, 1.807) is 6.07 Å². The number of ketones is 1. The molecule has 186 valence electrons. The lowest BCUT2D eigenvalue weighted by molar-refractivity contribution is -0.118. The van der Waals surface area contributed by atoms with E-state index in [0.717, 1.165) is 46.2 Å². The van der Waals surface area contributed by atoms with Gasteiger partial charge in [0.25, 0.3) is 0 Å². The highest BCUT2D eigenvalue weighted by Crippen LogP contribution is 2.52. The van der Waals surface area contributed by atoms with Crippen LogP contribution in [0.3, 0.4) is 0 Å². The highest BCUT2D eigenvalue weighted by atomic mass is 16.5. The van der Waals surface area contributed by atoms with Gasteiger partial charge in [0.2, 0.25) is 5.96 Å². The van der Waals surface area contributed by atoms with Crippen molar-refractivity contribution < 1.29 is 14.3 Å². The molecule has 6 nitrogen and oxygen atoms in total. The largest absolute Gasteiger partial charge is 0.465 e. The summed E-state index contributed by atoms with van der Waals surface area (Å²) in [6.07, 6.45) is 1.22. The standard InChI is InChI=1S/C31H29N3O3/c1-31(2)17-23-27(26(35)18-31)28(21-12-8-5-9-13-21)34-25-16-22(29(36)37-3)14-15-24(25)33(30(34)32-23)19-20-10-6-4-7-11-20/h4-16,28H,17-19H2,1-3H3. The molecule has 6 heteroatoms. The fourth-order valence-corrected chi connectivity index (χ4v) is 5.74. The minimum absolute atomic E-state index is 0.134. The maximum atomic E-state index is 13.7. The van der Waals surface area contributed by atoms with Crippen LogP contribution in [0.2, 0.25) is 0 Å². The van der Waals surface area contributed by atoms with Crippen molar-refractivity contribution in [2.75, 3.05) is 16.9 Å². The van der Waals surface area contributed by atoms with Gasteiger partial charge >= 0.3 is 5.97 Å². The topological polar surface area (TPSA) is 62.2 Å². The van der Waals surface area contributed by atoms with Crippen LogP contribution in [0, 0.1) is 5.41 Å². The fourth-order valence-electron chi connectivity index (χ4n) is 5.74. The summed E-state index contributed by atoms with van der Waals surface area (Å²) in [6.45, 7) is 4.88. The summed E-state index contributed by atoms with van der Waals surface area (Å²) in [5.74, 6) is 0.514. The van der Waals surface area contributed by atoms with Gasteiger partial charge in [-0.15, -0.1) is 0 Å². The van der Waals surface area contributed by atoms with Gasteiger partial charge in [0, 0.05) is 12.0 Å². The van der Waals surface area contributed by atoms with E-state index in [0.29, 0.717) is 18.5 Å². The maximum Gasteiger partial charge on any atom is 0.337 e. The molecule has 0 N–H and O–H groups in total. The Morgan fingerprint density at radius 2 is 1.68 bits per heavy atom. The zero-order chi connectivity index (χ0) is 25.7. The second-order valence-corrected chi connectivity index (χ2v) is 10.7. The number of ether oxygens (including phenoxy) is 1. The van der Waals surface area contributed by atoms with Crippen molar-refractivity contribution >= 4 is 29.1 Å². The number of nitrogens with zero attached hydrogens (tertiary/aromatic N) is 3. The minimum Gasteiger partial charge on any atom is -0.465 e. The highest BCUT2D eigenvalue weighted by molar-refractivity contribution is 6.20. The second kappa shape index (κ2) is 8.73. The molecule has 2 heterocycles. The summed E-state index contributed by atoms with van der Waals surface area (Å²) < 4.78 is 5.03. The van der Waals surface area contributed by atoms with Gasteiger partial charge in [-0.05, 0) is 41.2 Å². The Balaban J connectivity index is 1.59. The molecule has 1 unspecified atom stereocenters. The zero-order valence-corrected chi connectivity index (χ0v) is 21.3. The Morgan fingerprint density at radius 3 is 2.38 bits per heavy atom. The van der Waals surface area contributed by atoms with E-state index < -0.39 is 5.97 Å². The number of allylic oxidation sites excluding steroid dienone is 1. The molecule has 3 aliphatic rings. The molecule has 2 aliphatic heterocycles. The Labute approximate surface area is 216 Å². The average molecular weight is 492 g/mol. The number of hydrogen-bond donors (Lipinski definition) is 0.